The highest BCUT2D eigenvalue weighted by molar-refractivity contribution is 7.90. The number of aliphatic hydroxyl groups is 1. The van der Waals surface area contributed by atoms with E-state index in [4.69, 9.17) is 11.6 Å². The smallest absolute Gasteiger partial charge is 0.253 e. The SMILES string of the molecule is CS(=O)(=O)c1ccccc1C(=O)NC(c1cccc(F)c1Cl)[C@]1(O)CC[C@@H](F)CC1. The van der Waals surface area contributed by atoms with Gasteiger partial charge in [-0.1, -0.05) is 35.9 Å². The van der Waals surface area contributed by atoms with Gasteiger partial charge in [0, 0.05) is 6.26 Å². The number of carbonyl (C=O) groups excluding carboxylic acids is 1. The van der Waals surface area contributed by atoms with Crippen LogP contribution in [-0.4, -0.2) is 37.5 Å². The second-order valence-corrected chi connectivity index (χ2v) is 9.96. The van der Waals surface area contributed by atoms with Gasteiger partial charge in [0.15, 0.2) is 9.84 Å². The molecule has 0 aromatic heterocycles. The topological polar surface area (TPSA) is 83.5 Å². The van der Waals surface area contributed by atoms with E-state index < -0.39 is 39.4 Å². The Balaban J connectivity index is 2.04. The van der Waals surface area contributed by atoms with E-state index in [1.54, 1.807) is 0 Å². The highest BCUT2D eigenvalue weighted by Gasteiger charge is 2.43. The molecule has 0 bridgehead atoms. The molecular formula is C21H22ClF2NO4S. The molecule has 0 saturated heterocycles. The third-order valence-electron chi connectivity index (χ3n) is 5.42. The predicted octanol–water partition coefficient (Wildman–Crippen LogP) is 4.00. The number of amides is 1. The molecule has 1 fully saturated rings. The summed E-state index contributed by atoms with van der Waals surface area (Å²) in [5.74, 6) is -1.50. The molecule has 1 aliphatic rings. The van der Waals surface area contributed by atoms with Crippen molar-refractivity contribution in [3.8, 4) is 0 Å². The predicted molar refractivity (Wildman–Crippen MR) is 109 cm³/mol. The average molecular weight is 458 g/mol. The van der Waals surface area contributed by atoms with Crippen LogP contribution in [0.25, 0.3) is 0 Å². The molecule has 1 atom stereocenters. The second kappa shape index (κ2) is 8.61. The van der Waals surface area contributed by atoms with Crippen LogP contribution in [-0.2, 0) is 9.84 Å². The van der Waals surface area contributed by atoms with E-state index in [9.17, 15) is 27.1 Å². The number of halogens is 3. The van der Waals surface area contributed by atoms with E-state index in [1.807, 2.05) is 0 Å². The van der Waals surface area contributed by atoms with Gasteiger partial charge in [0.05, 0.1) is 27.1 Å². The Bertz CT molecular complexity index is 1050. The van der Waals surface area contributed by atoms with Crippen molar-refractivity contribution in [1.82, 2.24) is 5.32 Å². The van der Waals surface area contributed by atoms with E-state index in [-0.39, 0.29) is 46.7 Å². The molecule has 3 rings (SSSR count). The Labute approximate surface area is 179 Å². The van der Waals surface area contributed by atoms with Gasteiger partial charge in [-0.2, -0.15) is 0 Å². The number of hydrogen-bond acceptors (Lipinski definition) is 4. The zero-order valence-corrected chi connectivity index (χ0v) is 17.8. The minimum atomic E-state index is -3.70. The lowest BCUT2D eigenvalue weighted by atomic mass is 9.76. The highest BCUT2D eigenvalue weighted by atomic mass is 35.5. The van der Waals surface area contributed by atoms with Crippen LogP contribution in [0.3, 0.4) is 0 Å². The van der Waals surface area contributed by atoms with Crippen molar-refractivity contribution >= 4 is 27.3 Å². The maximum atomic E-state index is 14.1. The molecule has 1 amide bonds. The first-order valence-electron chi connectivity index (χ1n) is 9.43. The molecular weight excluding hydrogens is 436 g/mol. The van der Waals surface area contributed by atoms with Gasteiger partial charge >= 0.3 is 0 Å². The molecule has 0 heterocycles. The zero-order valence-electron chi connectivity index (χ0n) is 16.2. The Morgan fingerprint density at radius 1 is 1.20 bits per heavy atom. The number of hydrogen-bond donors (Lipinski definition) is 2. The van der Waals surface area contributed by atoms with Crippen LogP contribution in [0.1, 0.15) is 47.6 Å². The van der Waals surface area contributed by atoms with Gasteiger partial charge < -0.3 is 10.4 Å². The molecule has 0 radical (unpaired) electrons. The normalized spacial score (nSPS) is 23.0. The highest BCUT2D eigenvalue weighted by Crippen LogP contribution is 2.42. The summed E-state index contributed by atoms with van der Waals surface area (Å²) in [4.78, 5) is 12.9. The van der Waals surface area contributed by atoms with Gasteiger partial charge in [-0.05, 0) is 49.4 Å². The molecule has 1 aliphatic carbocycles. The van der Waals surface area contributed by atoms with Crippen LogP contribution in [0.2, 0.25) is 5.02 Å². The lowest BCUT2D eigenvalue weighted by Gasteiger charge is -2.41. The fraction of sp³-hybridized carbons (Fsp3) is 0.381. The van der Waals surface area contributed by atoms with Crippen molar-refractivity contribution in [3.63, 3.8) is 0 Å². The van der Waals surface area contributed by atoms with E-state index in [0.29, 0.717) is 0 Å². The van der Waals surface area contributed by atoms with Crippen molar-refractivity contribution in [1.29, 1.82) is 0 Å². The molecule has 9 heteroatoms. The largest absolute Gasteiger partial charge is 0.387 e. The first-order valence-corrected chi connectivity index (χ1v) is 11.7. The summed E-state index contributed by atoms with van der Waals surface area (Å²) >= 11 is 6.12. The molecule has 0 aliphatic heterocycles. The fourth-order valence-electron chi connectivity index (χ4n) is 3.80. The van der Waals surface area contributed by atoms with Gasteiger partial charge in [0.1, 0.15) is 12.0 Å². The standard InChI is InChI=1S/C21H22ClF2NO4S/c1-30(28,29)17-8-3-2-5-14(17)20(26)25-19(15-6-4-7-16(24)18(15)22)21(27)11-9-13(23)10-12-21/h2-8,13,19,27H,9-12H2,1H3,(H,25,26)/t13-,19?,21+. The van der Waals surface area contributed by atoms with Crippen LogP contribution >= 0.6 is 11.6 Å². The van der Waals surface area contributed by atoms with Crippen LogP contribution in [0.4, 0.5) is 8.78 Å². The van der Waals surface area contributed by atoms with E-state index in [1.165, 1.54) is 36.4 Å². The van der Waals surface area contributed by atoms with Gasteiger partial charge in [-0.15, -0.1) is 0 Å². The van der Waals surface area contributed by atoms with Gasteiger partial charge in [-0.3, -0.25) is 4.79 Å². The van der Waals surface area contributed by atoms with Crippen LogP contribution in [0, 0.1) is 5.82 Å². The van der Waals surface area contributed by atoms with Crippen LogP contribution < -0.4 is 5.32 Å². The van der Waals surface area contributed by atoms with E-state index in [2.05, 4.69) is 5.32 Å². The summed E-state index contributed by atoms with van der Waals surface area (Å²) in [5.41, 5.74) is -1.54. The summed E-state index contributed by atoms with van der Waals surface area (Å²) in [6, 6.07) is 8.50. The zero-order chi connectivity index (χ0) is 22.1. The van der Waals surface area contributed by atoms with Crippen molar-refractivity contribution in [3.05, 3.63) is 64.4 Å². The summed E-state index contributed by atoms with van der Waals surface area (Å²) in [6.07, 6.45) is 0.122. The van der Waals surface area contributed by atoms with Crippen molar-refractivity contribution < 1.29 is 27.1 Å². The molecule has 30 heavy (non-hydrogen) atoms. The third-order valence-corrected chi connectivity index (χ3v) is 6.97. The molecule has 2 aromatic rings. The van der Waals surface area contributed by atoms with Gasteiger partial charge in [0.2, 0.25) is 0 Å². The number of sulfone groups is 1. The Hall–Kier alpha value is -2.03. The number of benzene rings is 2. The van der Waals surface area contributed by atoms with Crippen molar-refractivity contribution in [2.75, 3.05) is 6.26 Å². The monoisotopic (exact) mass is 457 g/mol. The lowest BCUT2D eigenvalue weighted by molar-refractivity contribution is -0.0446. The minimum absolute atomic E-state index is 0.0275. The molecule has 162 valence electrons. The van der Waals surface area contributed by atoms with Crippen molar-refractivity contribution in [2.45, 2.75) is 48.4 Å². The Morgan fingerprint density at radius 3 is 2.47 bits per heavy atom. The maximum Gasteiger partial charge on any atom is 0.253 e. The quantitative estimate of drug-likeness (QED) is 0.711. The van der Waals surface area contributed by atoms with E-state index in [0.717, 1.165) is 12.3 Å². The lowest BCUT2D eigenvalue weighted by Crippen LogP contribution is -2.48. The van der Waals surface area contributed by atoms with Crippen LogP contribution in [0.5, 0.6) is 0 Å². The maximum absolute atomic E-state index is 14.1. The second-order valence-electron chi connectivity index (χ2n) is 7.60. The summed E-state index contributed by atoms with van der Waals surface area (Å²) in [7, 11) is -3.70. The van der Waals surface area contributed by atoms with Crippen molar-refractivity contribution in [2.24, 2.45) is 0 Å². The number of nitrogens with one attached hydrogen (secondary N) is 1. The van der Waals surface area contributed by atoms with Gasteiger partial charge in [-0.25, -0.2) is 17.2 Å². The third kappa shape index (κ3) is 4.66. The molecule has 5 nitrogen and oxygen atoms in total. The van der Waals surface area contributed by atoms with Gasteiger partial charge in [0.25, 0.3) is 5.91 Å². The number of rotatable bonds is 5. The molecule has 2 aromatic carbocycles. The Kier molecular flexibility index (Phi) is 6.50. The average Bonchev–Trinajstić information content (AvgIpc) is 2.70. The first kappa shape index (κ1) is 22.7. The first-order chi connectivity index (χ1) is 14.0. The number of alkyl halides is 1. The molecule has 1 saturated carbocycles. The summed E-state index contributed by atoms with van der Waals surface area (Å²) in [6.45, 7) is 0. The molecule has 2 N–H and O–H groups in total. The van der Waals surface area contributed by atoms with E-state index >= 15 is 0 Å². The molecule has 1 unspecified atom stereocenters. The minimum Gasteiger partial charge on any atom is -0.387 e. The summed E-state index contributed by atoms with van der Waals surface area (Å²) in [5, 5.41) is 13.6. The fourth-order valence-corrected chi connectivity index (χ4v) is 4.92. The van der Waals surface area contributed by atoms with Crippen LogP contribution in [0.15, 0.2) is 47.4 Å². The number of carbonyl (C=O) groups is 1. The Morgan fingerprint density at radius 2 is 1.83 bits per heavy atom. The summed E-state index contributed by atoms with van der Waals surface area (Å²) < 4.78 is 51.9. The molecule has 0 spiro atoms.